The van der Waals surface area contributed by atoms with Crippen molar-refractivity contribution in [2.75, 3.05) is 13.1 Å². The van der Waals surface area contributed by atoms with Crippen LogP contribution in [0, 0.1) is 30.6 Å². The zero-order valence-corrected chi connectivity index (χ0v) is 28.9. The first-order chi connectivity index (χ1) is 21.8. The van der Waals surface area contributed by atoms with E-state index >= 15 is 0 Å². The van der Waals surface area contributed by atoms with Crippen LogP contribution >= 0.6 is 46.4 Å². The zero-order valence-electron chi connectivity index (χ0n) is 24.0. The Morgan fingerprint density at radius 2 is 0.958 bits per heavy atom. The van der Waals surface area contributed by atoms with E-state index in [1.807, 2.05) is 36.4 Å². The third kappa shape index (κ3) is 21.2. The van der Waals surface area contributed by atoms with E-state index in [0.29, 0.717) is 34.3 Å². The van der Waals surface area contributed by atoms with Crippen molar-refractivity contribution in [1.82, 2.24) is 9.97 Å². The Bertz CT molecular complexity index is 1490. The molecular formula is C28H22Cl4Cu2N6O8. The quantitative estimate of drug-likeness (QED) is 0.0901. The first kappa shape index (κ1) is 46.4. The minimum atomic E-state index is -1.75. The molecule has 0 spiro atoms. The van der Waals surface area contributed by atoms with E-state index in [0.717, 1.165) is 24.2 Å². The molecule has 4 aromatic rings. The van der Waals surface area contributed by atoms with Gasteiger partial charge in [-0.15, -0.1) is 0 Å². The van der Waals surface area contributed by atoms with Gasteiger partial charge >= 0.3 is 34.1 Å². The van der Waals surface area contributed by atoms with Gasteiger partial charge in [0.1, 0.15) is 0 Å². The third-order valence-electron chi connectivity index (χ3n) is 4.98. The number of hydrogen-bond donors (Lipinski definition) is 0. The number of nitrogens with zero attached hydrogens (tertiary/aromatic N) is 6. The summed E-state index contributed by atoms with van der Waals surface area (Å²) in [5.41, 5.74) is 2.73. The van der Waals surface area contributed by atoms with Gasteiger partial charge in [-0.3, -0.25) is 20.0 Å². The van der Waals surface area contributed by atoms with E-state index in [4.69, 9.17) is 77.0 Å². The molecule has 0 unspecified atom stereocenters. The summed E-state index contributed by atoms with van der Waals surface area (Å²) in [7, 11) is 0. The Morgan fingerprint density at radius 3 is 1.25 bits per heavy atom. The van der Waals surface area contributed by atoms with E-state index in [1.54, 1.807) is 24.5 Å². The molecule has 2 heterocycles. The van der Waals surface area contributed by atoms with Crippen molar-refractivity contribution in [2.45, 2.75) is 12.8 Å². The summed E-state index contributed by atoms with van der Waals surface area (Å²) in [5, 5.41) is 54.0. The minimum Gasteiger partial charge on any atom is -0.871 e. The van der Waals surface area contributed by atoms with Crippen molar-refractivity contribution in [3.05, 3.63) is 146 Å². The smallest absolute Gasteiger partial charge is 0.871 e. The molecule has 2 radical (unpaired) electrons. The first-order valence-corrected chi connectivity index (χ1v) is 14.1. The largest absolute Gasteiger partial charge is 2.00 e. The first-order valence-electron chi connectivity index (χ1n) is 12.5. The molecule has 14 nitrogen and oxygen atoms in total. The molecule has 0 aliphatic heterocycles. The fraction of sp³-hybridized carbons (Fsp3) is 0.143. The average molecular weight is 839 g/mol. The molecule has 2 aromatic carbocycles. The van der Waals surface area contributed by atoms with Gasteiger partial charge in [0.25, 0.3) is 0 Å². The van der Waals surface area contributed by atoms with Crippen LogP contribution in [0.5, 0.6) is 11.5 Å². The molecule has 0 amide bonds. The van der Waals surface area contributed by atoms with Crippen molar-refractivity contribution in [2.24, 2.45) is 9.98 Å². The van der Waals surface area contributed by atoms with E-state index in [1.165, 1.54) is 24.6 Å². The van der Waals surface area contributed by atoms with Crippen molar-refractivity contribution in [1.29, 1.82) is 0 Å². The van der Waals surface area contributed by atoms with Gasteiger partial charge in [0.05, 0.1) is 10.2 Å². The standard InChI is InChI=1S/2C14H12Cl2N2O.2Cu.2NO3/c2*15-11-7-10(14(19)13(16)8-11)9-17-6-4-12-3-1-2-5-18-12;;;2*2-1(3)4/h2*1-3,5,7-9,19H,4,6H2;;;;/q;;2*+2;2*-1/p-2. The van der Waals surface area contributed by atoms with Crippen molar-refractivity contribution in [3.63, 3.8) is 0 Å². The Hall–Kier alpha value is -3.72. The summed E-state index contributed by atoms with van der Waals surface area (Å²) in [5.74, 6) is -0.514. The minimum absolute atomic E-state index is 0. The van der Waals surface area contributed by atoms with E-state index in [-0.39, 0.29) is 55.7 Å². The molecule has 0 fully saturated rings. The predicted octanol–water partition coefficient (Wildman–Crippen LogP) is 5.76. The van der Waals surface area contributed by atoms with Crippen molar-refractivity contribution in [3.8, 4) is 11.5 Å². The number of halogens is 4. The van der Waals surface area contributed by atoms with E-state index in [2.05, 4.69) is 20.0 Å². The van der Waals surface area contributed by atoms with Crippen molar-refractivity contribution < 1.29 is 54.5 Å². The van der Waals surface area contributed by atoms with Crippen LogP contribution in [-0.2, 0) is 47.0 Å². The van der Waals surface area contributed by atoms with Crippen LogP contribution in [0.2, 0.25) is 20.1 Å². The van der Waals surface area contributed by atoms with Crippen LogP contribution < -0.4 is 10.2 Å². The molecule has 2 aromatic heterocycles. The third-order valence-corrected chi connectivity index (χ3v) is 5.98. The summed E-state index contributed by atoms with van der Waals surface area (Å²) in [6.45, 7) is 1.11. The molecule has 262 valence electrons. The Kier molecular flexibility index (Phi) is 25.4. The van der Waals surface area contributed by atoms with Gasteiger partial charge in [0, 0.05) is 82.2 Å². The summed E-state index contributed by atoms with van der Waals surface area (Å²) in [6, 6.07) is 17.4. The molecular weight excluding hydrogens is 817 g/mol. The Morgan fingerprint density at radius 1 is 0.625 bits per heavy atom. The van der Waals surface area contributed by atoms with Crippen LogP contribution in [0.1, 0.15) is 22.5 Å². The number of rotatable bonds is 8. The van der Waals surface area contributed by atoms with Gasteiger partial charge in [-0.05, 0) is 59.7 Å². The van der Waals surface area contributed by atoms with Crippen molar-refractivity contribution >= 4 is 58.8 Å². The second-order valence-electron chi connectivity index (χ2n) is 8.27. The average Bonchev–Trinajstić information content (AvgIpc) is 2.99. The number of benzene rings is 2. The maximum Gasteiger partial charge on any atom is 2.00 e. The number of aromatic nitrogens is 2. The Balaban J connectivity index is 0. The SMILES string of the molecule is O=[N+]([O-])[O-].O=[N+]([O-])[O-].[Cu+2].[Cu+2].[O-]c1c(Cl)cc(Cl)cc1C=NCCc1ccccn1.[O-]c1c(Cl)cc(Cl)cc1C=NCCc1ccccn1. The predicted molar refractivity (Wildman–Crippen MR) is 173 cm³/mol. The van der Waals surface area contributed by atoms with Gasteiger partial charge in [0.15, 0.2) is 0 Å². The van der Waals surface area contributed by atoms with E-state index < -0.39 is 10.2 Å². The summed E-state index contributed by atoms with van der Waals surface area (Å²) < 4.78 is 0. The molecule has 48 heavy (non-hydrogen) atoms. The number of aliphatic imine (C=N–C) groups is 2. The van der Waals surface area contributed by atoms with Crippen LogP contribution in [0.4, 0.5) is 0 Å². The van der Waals surface area contributed by atoms with Gasteiger partial charge in [-0.1, -0.05) is 70.0 Å². The molecule has 0 atom stereocenters. The maximum absolute atomic E-state index is 11.7. The Labute approximate surface area is 315 Å². The second kappa shape index (κ2) is 26.3. The van der Waals surface area contributed by atoms with Crippen LogP contribution in [0.25, 0.3) is 0 Å². The van der Waals surface area contributed by atoms with Crippen LogP contribution in [0.3, 0.4) is 0 Å². The summed E-state index contributed by atoms with van der Waals surface area (Å²) >= 11 is 23.2. The van der Waals surface area contributed by atoms with Gasteiger partial charge in [-0.2, -0.15) is 0 Å². The van der Waals surface area contributed by atoms with Crippen LogP contribution in [-0.4, -0.2) is 45.7 Å². The summed E-state index contributed by atoms with van der Waals surface area (Å²) in [4.78, 5) is 33.3. The van der Waals surface area contributed by atoms with Gasteiger partial charge < -0.3 is 40.9 Å². The molecule has 0 bridgehead atoms. The second-order valence-corrected chi connectivity index (χ2v) is 9.96. The molecule has 0 N–H and O–H groups in total. The molecule has 20 heteroatoms. The fourth-order valence-corrected chi connectivity index (χ4v) is 4.15. The topological polar surface area (TPSA) is 229 Å². The summed E-state index contributed by atoms with van der Waals surface area (Å²) in [6.07, 6.45) is 7.93. The van der Waals surface area contributed by atoms with Crippen LogP contribution in [0.15, 0.2) is 83.0 Å². The molecule has 4 rings (SSSR count). The fourth-order valence-electron chi connectivity index (χ4n) is 3.13. The molecule has 0 aliphatic carbocycles. The number of hydrogen-bond acceptors (Lipinski definition) is 12. The monoisotopic (exact) mass is 836 g/mol. The van der Waals surface area contributed by atoms with E-state index in [9.17, 15) is 10.2 Å². The molecule has 0 saturated heterocycles. The number of pyridine rings is 2. The molecule has 0 saturated carbocycles. The molecule has 0 aliphatic rings. The normalized spacial score (nSPS) is 9.75. The zero-order chi connectivity index (χ0) is 34.5. The van der Waals surface area contributed by atoms with Gasteiger partial charge in [-0.25, -0.2) is 0 Å². The van der Waals surface area contributed by atoms with Gasteiger partial charge in [0.2, 0.25) is 0 Å². The maximum atomic E-state index is 11.7.